The van der Waals surface area contributed by atoms with Crippen LogP contribution in [0.5, 0.6) is 0 Å². The van der Waals surface area contributed by atoms with Crippen LogP contribution < -0.4 is 0 Å². The molecule has 114 valence electrons. The van der Waals surface area contributed by atoms with E-state index in [4.69, 9.17) is 10.2 Å². The van der Waals surface area contributed by atoms with Crippen LogP contribution in [-0.2, 0) is 30.6 Å². The predicted molar refractivity (Wildman–Crippen MR) is 79.4 cm³/mol. The lowest BCUT2D eigenvalue weighted by Crippen LogP contribution is -2.11. The highest BCUT2D eigenvalue weighted by Crippen LogP contribution is 2.27. The number of hydrogen-bond acceptors (Lipinski definition) is 4. The lowest BCUT2D eigenvalue weighted by Gasteiger charge is -2.13. The van der Waals surface area contributed by atoms with Crippen molar-refractivity contribution in [2.24, 2.45) is 0 Å². The van der Waals surface area contributed by atoms with Crippen molar-refractivity contribution in [3.63, 3.8) is 0 Å². The summed E-state index contributed by atoms with van der Waals surface area (Å²) in [6, 6.07) is 0. The van der Waals surface area contributed by atoms with Crippen LogP contribution in [0.15, 0.2) is 0 Å². The van der Waals surface area contributed by atoms with Gasteiger partial charge in [0.2, 0.25) is 0 Å². The van der Waals surface area contributed by atoms with Gasteiger partial charge in [-0.3, -0.25) is 4.79 Å². The van der Waals surface area contributed by atoms with Crippen molar-refractivity contribution in [3.8, 4) is 0 Å². The molecule has 0 spiro atoms. The number of carbonyl (C=O) groups is 1. The van der Waals surface area contributed by atoms with Crippen LogP contribution in [0.1, 0.15) is 36.4 Å². The van der Waals surface area contributed by atoms with Gasteiger partial charge in [0, 0.05) is 11.1 Å². The normalized spacial score (nSPS) is 11.2. The molecule has 0 aliphatic heterocycles. The molecule has 0 unspecified atom stereocenters. The summed E-state index contributed by atoms with van der Waals surface area (Å²) in [7, 11) is 0. The minimum atomic E-state index is -0.846. The van der Waals surface area contributed by atoms with Crippen LogP contribution in [0.2, 0.25) is 0 Å². The minimum absolute atomic E-state index is 0.00229. The molecule has 0 saturated carbocycles. The highest BCUT2D eigenvalue weighted by atomic mass is 16.4. The molecule has 2 heterocycles. The Hall–Kier alpha value is -1.95. The molecule has 2 aromatic rings. The van der Waals surface area contributed by atoms with Crippen LogP contribution >= 0.6 is 0 Å². The highest BCUT2D eigenvalue weighted by Gasteiger charge is 2.20. The van der Waals surface area contributed by atoms with Gasteiger partial charge in [-0.25, -0.2) is 9.67 Å². The Morgan fingerprint density at radius 2 is 1.95 bits per heavy atom. The van der Waals surface area contributed by atoms with E-state index in [2.05, 4.69) is 10.1 Å². The summed E-state index contributed by atoms with van der Waals surface area (Å²) in [6.07, 6.45) is 1.40. The molecule has 6 heteroatoms. The Balaban J connectivity index is 2.79. The lowest BCUT2D eigenvalue weighted by atomic mass is 9.96. The van der Waals surface area contributed by atoms with Crippen molar-refractivity contribution in [3.05, 3.63) is 22.5 Å². The third-order valence-corrected chi connectivity index (χ3v) is 3.68. The number of pyridine rings is 1. The van der Waals surface area contributed by atoms with Crippen LogP contribution in [0.3, 0.4) is 0 Å². The van der Waals surface area contributed by atoms with Crippen molar-refractivity contribution in [2.45, 2.75) is 46.6 Å². The van der Waals surface area contributed by atoms with Gasteiger partial charge in [-0.05, 0) is 30.9 Å². The van der Waals surface area contributed by atoms with Crippen molar-refractivity contribution < 1.29 is 15.0 Å². The summed E-state index contributed by atoms with van der Waals surface area (Å²) in [5.74, 6) is -0.846. The Labute approximate surface area is 123 Å². The number of aromatic nitrogens is 3. The Kier molecular flexibility index (Phi) is 4.57. The molecule has 21 heavy (non-hydrogen) atoms. The van der Waals surface area contributed by atoms with E-state index < -0.39 is 5.97 Å². The van der Waals surface area contributed by atoms with Crippen molar-refractivity contribution in [1.29, 1.82) is 0 Å². The van der Waals surface area contributed by atoms with Crippen molar-refractivity contribution in [2.75, 3.05) is 6.61 Å². The van der Waals surface area contributed by atoms with Gasteiger partial charge in [0.1, 0.15) is 0 Å². The second-order valence-electron chi connectivity index (χ2n) is 5.02. The van der Waals surface area contributed by atoms with Gasteiger partial charge < -0.3 is 10.2 Å². The molecule has 2 rings (SSSR count). The van der Waals surface area contributed by atoms with E-state index in [1.165, 1.54) is 0 Å². The summed E-state index contributed by atoms with van der Waals surface area (Å²) >= 11 is 0. The molecule has 0 aliphatic rings. The zero-order chi connectivity index (χ0) is 15.6. The van der Waals surface area contributed by atoms with E-state index >= 15 is 0 Å². The number of carboxylic acids is 1. The number of hydrogen-bond donors (Lipinski definition) is 2. The fourth-order valence-corrected chi connectivity index (χ4v) is 2.85. The Morgan fingerprint density at radius 3 is 2.48 bits per heavy atom. The molecule has 2 N–H and O–H groups in total. The maximum absolute atomic E-state index is 11.2. The third kappa shape index (κ3) is 2.76. The molecule has 6 nitrogen and oxygen atoms in total. The van der Waals surface area contributed by atoms with Crippen LogP contribution in [0.25, 0.3) is 11.0 Å². The van der Waals surface area contributed by atoms with Gasteiger partial charge in [-0.2, -0.15) is 5.10 Å². The van der Waals surface area contributed by atoms with E-state index in [1.807, 2.05) is 20.8 Å². The third-order valence-electron chi connectivity index (χ3n) is 3.68. The fourth-order valence-electron chi connectivity index (χ4n) is 2.85. The molecular weight excluding hydrogens is 270 g/mol. The average Bonchev–Trinajstić information content (AvgIpc) is 2.74. The van der Waals surface area contributed by atoms with Gasteiger partial charge in [0.15, 0.2) is 5.65 Å². The molecule has 0 fully saturated rings. The monoisotopic (exact) mass is 291 g/mol. The first-order valence-corrected chi connectivity index (χ1v) is 7.23. The second-order valence-corrected chi connectivity index (χ2v) is 5.02. The molecule has 0 aromatic carbocycles. The summed E-state index contributed by atoms with van der Waals surface area (Å²) in [6.45, 7) is 6.27. The lowest BCUT2D eigenvalue weighted by molar-refractivity contribution is -0.136. The van der Waals surface area contributed by atoms with Crippen molar-refractivity contribution >= 4 is 17.0 Å². The number of aliphatic hydroxyl groups excluding tert-OH is 1. The van der Waals surface area contributed by atoms with Gasteiger partial charge in [-0.1, -0.05) is 13.8 Å². The van der Waals surface area contributed by atoms with E-state index in [9.17, 15) is 4.79 Å². The van der Waals surface area contributed by atoms with E-state index in [1.54, 1.807) is 4.68 Å². The summed E-state index contributed by atoms with van der Waals surface area (Å²) in [5, 5.41) is 23.7. The highest BCUT2D eigenvalue weighted by molar-refractivity contribution is 5.85. The first-order valence-electron chi connectivity index (χ1n) is 7.23. The van der Waals surface area contributed by atoms with Gasteiger partial charge >= 0.3 is 5.97 Å². The van der Waals surface area contributed by atoms with Crippen LogP contribution in [0.4, 0.5) is 0 Å². The van der Waals surface area contributed by atoms with Gasteiger partial charge in [0.25, 0.3) is 0 Å². The largest absolute Gasteiger partial charge is 0.481 e. The molecule has 0 radical (unpaired) electrons. The standard InChI is InChI=1S/C15H21N3O3/c1-4-10-11(8-13(20)21)12(5-2)16-15-14(10)9(3)17-18(15)6-7-19/h19H,4-8H2,1-3H3,(H,20,21). The topological polar surface area (TPSA) is 88.2 Å². The Morgan fingerprint density at radius 1 is 1.24 bits per heavy atom. The first-order chi connectivity index (χ1) is 10.0. The van der Waals surface area contributed by atoms with Crippen LogP contribution in [-0.4, -0.2) is 37.6 Å². The van der Waals surface area contributed by atoms with Gasteiger partial charge in [0.05, 0.1) is 25.3 Å². The smallest absolute Gasteiger partial charge is 0.307 e. The van der Waals surface area contributed by atoms with E-state index in [-0.39, 0.29) is 13.0 Å². The number of aliphatic hydroxyl groups is 1. The number of carboxylic acid groups (broad SMARTS) is 1. The summed E-state index contributed by atoms with van der Waals surface area (Å²) in [5.41, 5.74) is 4.20. The summed E-state index contributed by atoms with van der Waals surface area (Å²) < 4.78 is 1.70. The zero-order valence-electron chi connectivity index (χ0n) is 12.7. The number of nitrogens with zero attached hydrogens (tertiary/aromatic N) is 3. The predicted octanol–water partition coefficient (Wildman–Crippen LogP) is 1.48. The quantitative estimate of drug-likeness (QED) is 0.841. The molecular formula is C15H21N3O3. The number of fused-ring (bicyclic) bond motifs is 1. The minimum Gasteiger partial charge on any atom is -0.481 e. The van der Waals surface area contributed by atoms with Gasteiger partial charge in [-0.15, -0.1) is 0 Å². The van der Waals surface area contributed by atoms with E-state index in [0.29, 0.717) is 13.0 Å². The zero-order valence-corrected chi connectivity index (χ0v) is 12.7. The van der Waals surface area contributed by atoms with Crippen LogP contribution in [0, 0.1) is 6.92 Å². The molecule has 0 aliphatic carbocycles. The van der Waals surface area contributed by atoms with E-state index in [0.717, 1.165) is 40.0 Å². The average molecular weight is 291 g/mol. The molecule has 0 saturated heterocycles. The SMILES string of the molecule is CCc1nc2c(c(C)nn2CCO)c(CC)c1CC(=O)O. The maximum atomic E-state index is 11.2. The second kappa shape index (κ2) is 6.22. The number of aliphatic carboxylic acids is 1. The number of rotatable bonds is 6. The first kappa shape index (κ1) is 15.4. The molecule has 0 amide bonds. The molecule has 0 atom stereocenters. The molecule has 0 bridgehead atoms. The number of aryl methyl sites for hydroxylation is 3. The molecule has 2 aromatic heterocycles. The Bertz CT molecular complexity index is 677. The fraction of sp³-hybridized carbons (Fsp3) is 0.533. The maximum Gasteiger partial charge on any atom is 0.307 e. The van der Waals surface area contributed by atoms with Crippen molar-refractivity contribution in [1.82, 2.24) is 14.8 Å². The summed E-state index contributed by atoms with van der Waals surface area (Å²) in [4.78, 5) is 15.8.